The molecular formula is C49H76N4O15. The summed E-state index contributed by atoms with van der Waals surface area (Å²) in [5.74, 6) is -2.75. The van der Waals surface area contributed by atoms with E-state index in [1.165, 1.54) is 7.11 Å². The van der Waals surface area contributed by atoms with Crippen molar-refractivity contribution in [2.24, 2.45) is 28.8 Å². The van der Waals surface area contributed by atoms with Crippen LogP contribution in [0.2, 0.25) is 0 Å². The van der Waals surface area contributed by atoms with E-state index >= 15 is 0 Å². The molecule has 1 unspecified atom stereocenters. The summed E-state index contributed by atoms with van der Waals surface area (Å²) in [6.07, 6.45) is -0.0761. The number of pyridine rings is 1. The zero-order chi connectivity index (χ0) is 49.5. The third kappa shape index (κ3) is 15.4. The Morgan fingerprint density at radius 1 is 0.985 bits per heavy atom. The van der Waals surface area contributed by atoms with E-state index in [-0.39, 0.29) is 38.6 Å². The number of aliphatic hydroxyl groups excluding tert-OH is 3. The van der Waals surface area contributed by atoms with E-state index < -0.39 is 116 Å². The molecule has 4 heterocycles. The average molecular weight is 961 g/mol. The Bertz CT molecular complexity index is 1840. The van der Waals surface area contributed by atoms with Crippen molar-refractivity contribution in [1.29, 1.82) is 0 Å². The van der Waals surface area contributed by atoms with Crippen LogP contribution in [0.4, 0.5) is 5.82 Å². The Morgan fingerprint density at radius 2 is 1.75 bits per heavy atom. The molecule has 1 aromatic heterocycles. The van der Waals surface area contributed by atoms with Crippen LogP contribution < -0.4 is 5.32 Å². The van der Waals surface area contributed by atoms with E-state index in [9.17, 15) is 29.7 Å². The van der Waals surface area contributed by atoms with E-state index in [0.717, 1.165) is 5.57 Å². The number of allylic oxidation sites excluding steroid dienone is 3. The number of ketones is 1. The van der Waals surface area contributed by atoms with Crippen LogP contribution in [-0.2, 0) is 57.1 Å². The Labute approximate surface area is 400 Å². The first kappa shape index (κ1) is 55.2. The number of oxime groups is 1. The largest absolute Gasteiger partial charge is 0.462 e. The number of anilines is 1. The Hall–Kier alpha value is -3.73. The minimum atomic E-state index is -1.27. The van der Waals surface area contributed by atoms with Gasteiger partial charge in [-0.3, -0.25) is 14.4 Å². The Balaban J connectivity index is 1.49. The maximum atomic E-state index is 14.4. The molecule has 3 fully saturated rings. The second-order valence-electron chi connectivity index (χ2n) is 18.8. The molecule has 382 valence electrons. The number of carbonyl (C=O) groups excluding carboxylic acids is 3. The molecule has 1 saturated carbocycles. The standard InChI is InChI=1S/C49H76N4O15/c1-10-37-33(24-63-38-17-16-36(55)47(60-8)48(38)61-9)21-28(2)14-15-35(54)29(3)22-32-18-20-62-25-34(52-65-27-41(56)51-40-13-11-12-19-50-40)26-64-39(23-42(57)67-37)30(4)46(32)68-49-45(59)43(53(6)7)44(58)31(5)66-49/h11-15,19,21,29-33,36-39,43-49,55,58-59H,10,16-18,20,22-27H2,1-9H3,(H,50,51,56)/b15-14+,28-21+,52-34+/t29-,30+,31-,32?,33-,36-,37-,38-,39-,43+,44-,45-,46-,47-,48+,49+/m1/s1. The molecule has 19 nitrogen and oxygen atoms in total. The normalized spacial score (nSPS) is 38.0. The Morgan fingerprint density at radius 3 is 2.44 bits per heavy atom. The summed E-state index contributed by atoms with van der Waals surface area (Å²) in [6, 6.07) is 4.39. The summed E-state index contributed by atoms with van der Waals surface area (Å²) in [5.41, 5.74) is 1.08. The lowest BCUT2D eigenvalue weighted by atomic mass is 9.79. The molecule has 19 heteroatoms. The maximum absolute atomic E-state index is 14.4. The second kappa shape index (κ2) is 27.0. The minimum Gasteiger partial charge on any atom is -0.462 e. The van der Waals surface area contributed by atoms with Gasteiger partial charge in [-0.25, -0.2) is 4.98 Å². The monoisotopic (exact) mass is 961 g/mol. The van der Waals surface area contributed by atoms with Crippen LogP contribution in [0, 0.1) is 23.7 Å². The van der Waals surface area contributed by atoms with Gasteiger partial charge in [-0.05, 0) is 84.2 Å². The number of hydrogen-bond acceptors (Lipinski definition) is 18. The predicted octanol–water partition coefficient (Wildman–Crippen LogP) is 3.24. The van der Waals surface area contributed by atoms with Gasteiger partial charge >= 0.3 is 5.97 Å². The van der Waals surface area contributed by atoms with Gasteiger partial charge in [0.2, 0.25) is 0 Å². The van der Waals surface area contributed by atoms with E-state index in [2.05, 4.69) is 15.5 Å². The van der Waals surface area contributed by atoms with Crippen molar-refractivity contribution in [1.82, 2.24) is 9.88 Å². The van der Waals surface area contributed by atoms with E-state index in [4.69, 9.17) is 42.7 Å². The Kier molecular flexibility index (Phi) is 21.9. The van der Waals surface area contributed by atoms with Gasteiger partial charge in [0.15, 0.2) is 18.7 Å². The summed E-state index contributed by atoms with van der Waals surface area (Å²) < 4.78 is 50.0. The molecule has 68 heavy (non-hydrogen) atoms. The van der Waals surface area contributed by atoms with Gasteiger partial charge < -0.3 is 68.3 Å². The maximum Gasteiger partial charge on any atom is 0.308 e. The highest BCUT2D eigenvalue weighted by atomic mass is 16.7. The summed E-state index contributed by atoms with van der Waals surface area (Å²) in [6.45, 7) is 8.97. The number of ether oxygens (including phenoxy) is 8. The topological polar surface area (TPSA) is 235 Å². The van der Waals surface area contributed by atoms with Crippen molar-refractivity contribution in [3.8, 4) is 0 Å². The lowest BCUT2D eigenvalue weighted by Crippen LogP contribution is -2.63. The van der Waals surface area contributed by atoms with Gasteiger partial charge in [0.05, 0.1) is 68.9 Å². The van der Waals surface area contributed by atoms with Crippen LogP contribution in [0.15, 0.2) is 53.4 Å². The highest BCUT2D eigenvalue weighted by Crippen LogP contribution is 2.36. The number of likely N-dealkylation sites (N-methyl/N-ethyl adjacent to an activating group) is 1. The van der Waals surface area contributed by atoms with Gasteiger partial charge in [0, 0.05) is 44.8 Å². The zero-order valence-corrected chi connectivity index (χ0v) is 41.1. The van der Waals surface area contributed by atoms with Gasteiger partial charge in [-0.1, -0.05) is 49.7 Å². The molecule has 1 aromatic rings. The van der Waals surface area contributed by atoms with Gasteiger partial charge in [-0.2, -0.15) is 0 Å². The number of carbonyl (C=O) groups is 3. The first-order valence-corrected chi connectivity index (χ1v) is 23.9. The highest BCUT2D eigenvalue weighted by Gasteiger charge is 2.48. The molecule has 1 aliphatic carbocycles. The number of cyclic esters (lactones) is 1. The lowest BCUT2D eigenvalue weighted by Gasteiger charge is -2.47. The molecule has 4 aliphatic rings. The summed E-state index contributed by atoms with van der Waals surface area (Å²) in [5, 5.41) is 40.3. The fourth-order valence-electron chi connectivity index (χ4n) is 9.64. The SMILES string of the molecule is CC[C@H]1OC(=O)C[C@H]2OC/C(=N/OCC(=O)Nc3ccccn3)COCCC(C[C@@H](C)C(=O)/C=C/C(C)=C/[C@@H]1CO[C@@H]1CC[C@@H](O)[C@@H](OC)[C@H]1OC)[C@H](O[C@@H]1O[C@H](C)[C@@H](O)[C@H](N(C)C)[C@H]1O)[C@H]2C. The van der Waals surface area contributed by atoms with Crippen molar-refractivity contribution in [3.05, 3.63) is 48.2 Å². The molecule has 2 saturated heterocycles. The number of rotatable bonds is 13. The van der Waals surface area contributed by atoms with Gasteiger partial charge in [-0.15, -0.1) is 0 Å². The first-order chi connectivity index (χ1) is 32.5. The van der Waals surface area contributed by atoms with Crippen LogP contribution in [-0.4, -0.2) is 183 Å². The number of esters is 1. The van der Waals surface area contributed by atoms with Crippen LogP contribution in [0.5, 0.6) is 0 Å². The van der Waals surface area contributed by atoms with Crippen LogP contribution in [0.3, 0.4) is 0 Å². The smallest absolute Gasteiger partial charge is 0.308 e. The van der Waals surface area contributed by atoms with Crippen LogP contribution in [0.1, 0.15) is 73.1 Å². The second-order valence-corrected chi connectivity index (χ2v) is 18.8. The fraction of sp³-hybridized carbons (Fsp3) is 0.735. The van der Waals surface area contributed by atoms with E-state index in [1.807, 2.05) is 33.8 Å². The number of fused-ring (bicyclic) bond motifs is 3. The summed E-state index contributed by atoms with van der Waals surface area (Å²) in [4.78, 5) is 52.4. The summed E-state index contributed by atoms with van der Waals surface area (Å²) in [7, 11) is 6.59. The van der Waals surface area contributed by atoms with Gasteiger partial charge in [0.1, 0.15) is 35.9 Å². The molecule has 16 atom stereocenters. The number of hydrogen-bond donors (Lipinski definition) is 4. The number of amides is 1. The number of methoxy groups -OCH3 is 2. The van der Waals surface area contributed by atoms with Gasteiger partial charge in [0.25, 0.3) is 5.91 Å². The highest BCUT2D eigenvalue weighted by molar-refractivity contribution is 5.92. The first-order valence-electron chi connectivity index (χ1n) is 23.9. The minimum absolute atomic E-state index is 0.0349. The molecule has 0 radical (unpaired) electrons. The third-order valence-electron chi connectivity index (χ3n) is 13.5. The quantitative estimate of drug-likeness (QED) is 0.164. The van der Waals surface area contributed by atoms with Crippen molar-refractivity contribution in [3.63, 3.8) is 0 Å². The molecular weight excluding hydrogens is 885 g/mol. The number of aliphatic hydroxyl groups is 3. The predicted molar refractivity (Wildman–Crippen MR) is 249 cm³/mol. The van der Waals surface area contributed by atoms with Crippen molar-refractivity contribution < 1.29 is 72.4 Å². The molecule has 4 N–H and O–H groups in total. The average Bonchev–Trinajstić information content (AvgIpc) is 3.33. The summed E-state index contributed by atoms with van der Waals surface area (Å²) >= 11 is 0. The molecule has 0 aromatic carbocycles. The van der Waals surface area contributed by atoms with Crippen LogP contribution in [0.25, 0.3) is 0 Å². The number of aromatic nitrogens is 1. The van der Waals surface area contributed by atoms with Crippen molar-refractivity contribution in [2.75, 3.05) is 66.7 Å². The zero-order valence-electron chi connectivity index (χ0n) is 41.1. The number of nitrogens with one attached hydrogen (secondary N) is 1. The molecule has 5 rings (SSSR count). The van der Waals surface area contributed by atoms with Crippen molar-refractivity contribution in [2.45, 2.75) is 147 Å². The number of nitrogens with zero attached hydrogens (tertiary/aromatic N) is 3. The lowest BCUT2D eigenvalue weighted by molar-refractivity contribution is -0.305. The van der Waals surface area contributed by atoms with E-state index in [1.54, 1.807) is 69.6 Å². The third-order valence-corrected chi connectivity index (χ3v) is 13.5. The molecule has 1 amide bonds. The molecule has 0 spiro atoms. The molecule has 3 aliphatic heterocycles. The van der Waals surface area contributed by atoms with E-state index in [0.29, 0.717) is 43.6 Å². The fourth-order valence-corrected chi connectivity index (χ4v) is 9.64. The molecule has 2 bridgehead atoms. The van der Waals surface area contributed by atoms with Crippen LogP contribution >= 0.6 is 0 Å². The van der Waals surface area contributed by atoms with Crippen molar-refractivity contribution >= 4 is 29.2 Å².